The number of rotatable bonds is 1. The number of hydrogen-bond acceptors (Lipinski definition) is 2. The molecule has 0 saturated heterocycles. The first-order valence-corrected chi connectivity index (χ1v) is 4.92. The zero-order valence-electron chi connectivity index (χ0n) is 8.22. The van der Waals surface area contributed by atoms with Crippen LogP contribution in [0.2, 0.25) is 5.15 Å². The summed E-state index contributed by atoms with van der Waals surface area (Å²) in [6, 6.07) is 2.81. The molecule has 0 aliphatic rings. The first-order valence-electron chi connectivity index (χ1n) is 4.55. The molecule has 2 aromatic heterocycles. The van der Waals surface area contributed by atoms with Crippen molar-refractivity contribution < 1.29 is 13.2 Å². The molecule has 0 spiro atoms. The van der Waals surface area contributed by atoms with Crippen molar-refractivity contribution in [2.45, 2.75) is 12.5 Å². The van der Waals surface area contributed by atoms with E-state index in [1.165, 1.54) is 12.1 Å². The number of imidazole rings is 1. The Kier molecular flexibility index (Phi) is 2.57. The summed E-state index contributed by atoms with van der Waals surface area (Å²) < 4.78 is 39.0. The number of alkyl halides is 3. The molecule has 0 aliphatic heterocycles. The highest BCUT2D eigenvalue weighted by Gasteiger charge is 2.37. The lowest BCUT2D eigenvalue weighted by Gasteiger charge is -2.04. The van der Waals surface area contributed by atoms with E-state index in [4.69, 9.17) is 11.6 Å². The van der Waals surface area contributed by atoms with Gasteiger partial charge in [0.1, 0.15) is 13.0 Å². The van der Waals surface area contributed by atoms with Crippen molar-refractivity contribution in [1.29, 1.82) is 0 Å². The molecule has 2 aromatic rings. The molecule has 0 aromatic carbocycles. The Bertz CT molecular complexity index is 537. The minimum Gasteiger partial charge on any atom is -0.222 e. The second-order valence-electron chi connectivity index (χ2n) is 3.18. The average molecular weight is 247 g/mol. The summed E-state index contributed by atoms with van der Waals surface area (Å²) in [6.07, 6.45) is -4.28. The maximum absolute atomic E-state index is 12.6. The van der Waals surface area contributed by atoms with E-state index in [0.29, 0.717) is 0 Å². The topological polar surface area (TPSA) is 30.2 Å². The van der Waals surface area contributed by atoms with Crippen LogP contribution < -0.4 is 0 Å². The third-order valence-electron chi connectivity index (χ3n) is 2.14. The molecule has 2 heterocycles. The normalized spacial score (nSPS) is 12.2. The highest BCUT2D eigenvalue weighted by molar-refractivity contribution is 6.29. The van der Waals surface area contributed by atoms with E-state index in [1.807, 2.05) is 0 Å². The summed E-state index contributed by atoms with van der Waals surface area (Å²) in [5, 5.41) is 3.93. The molecule has 0 unspecified atom stereocenters. The number of aromatic nitrogens is 3. The SMILES string of the molecule is BCc1c(C(F)(F)F)nc2ccc(Cl)nn12. The second kappa shape index (κ2) is 3.66. The summed E-state index contributed by atoms with van der Waals surface area (Å²) in [5.74, 6) is 0. The van der Waals surface area contributed by atoms with Gasteiger partial charge in [-0.05, 0) is 18.5 Å². The van der Waals surface area contributed by atoms with E-state index in [9.17, 15) is 13.2 Å². The molecule has 8 heteroatoms. The first-order chi connectivity index (χ1) is 7.43. The third-order valence-corrected chi connectivity index (χ3v) is 2.34. The fourth-order valence-corrected chi connectivity index (χ4v) is 1.64. The van der Waals surface area contributed by atoms with Gasteiger partial charge in [0.15, 0.2) is 11.3 Å². The average Bonchev–Trinajstić information content (AvgIpc) is 2.54. The number of hydrogen-bond donors (Lipinski definition) is 0. The summed E-state index contributed by atoms with van der Waals surface area (Å²) in [5.41, 5.74) is -0.733. The number of halogens is 4. The molecule has 0 radical (unpaired) electrons. The molecule has 0 saturated carbocycles. The fraction of sp³-hybridized carbons (Fsp3) is 0.250. The minimum absolute atomic E-state index is 0.0185. The van der Waals surface area contributed by atoms with E-state index >= 15 is 0 Å². The molecule has 3 nitrogen and oxygen atoms in total. The van der Waals surface area contributed by atoms with Gasteiger partial charge in [-0.2, -0.15) is 18.3 Å². The van der Waals surface area contributed by atoms with Crippen LogP contribution in [0.4, 0.5) is 13.2 Å². The summed E-state index contributed by atoms with van der Waals surface area (Å²) >= 11 is 5.63. The van der Waals surface area contributed by atoms with Gasteiger partial charge in [0.05, 0.1) is 5.69 Å². The molecule has 2 rings (SSSR count). The van der Waals surface area contributed by atoms with Gasteiger partial charge in [-0.25, -0.2) is 9.50 Å². The quantitative estimate of drug-likeness (QED) is 0.716. The van der Waals surface area contributed by atoms with Crippen molar-refractivity contribution in [2.75, 3.05) is 0 Å². The molecule has 0 amide bonds. The maximum atomic E-state index is 12.6. The summed E-state index contributed by atoms with van der Waals surface area (Å²) in [7, 11) is 1.61. The van der Waals surface area contributed by atoms with E-state index in [-0.39, 0.29) is 22.8 Å². The molecular weight excluding hydrogens is 241 g/mol. The van der Waals surface area contributed by atoms with E-state index in [0.717, 1.165) is 4.52 Å². The lowest BCUT2D eigenvalue weighted by Crippen LogP contribution is -2.10. The summed E-state index contributed by atoms with van der Waals surface area (Å²) in [4.78, 5) is 3.51. The molecule has 0 aliphatic carbocycles. The van der Waals surface area contributed by atoms with Gasteiger partial charge < -0.3 is 0 Å². The van der Waals surface area contributed by atoms with Crippen molar-refractivity contribution in [2.24, 2.45) is 0 Å². The Hall–Kier alpha value is -1.24. The predicted molar refractivity (Wildman–Crippen MR) is 55.2 cm³/mol. The van der Waals surface area contributed by atoms with Crippen molar-refractivity contribution in [3.05, 3.63) is 28.7 Å². The van der Waals surface area contributed by atoms with Crippen LogP contribution in [-0.4, -0.2) is 22.4 Å². The van der Waals surface area contributed by atoms with Crippen LogP contribution in [0.5, 0.6) is 0 Å². The van der Waals surface area contributed by atoms with Crippen molar-refractivity contribution in [1.82, 2.24) is 14.6 Å². The van der Waals surface area contributed by atoms with Gasteiger partial charge in [0.2, 0.25) is 0 Å². The second-order valence-corrected chi connectivity index (χ2v) is 3.57. The standard InChI is InChI=1S/C8H6BClF3N3/c9-3-4-7(8(11,12)13)14-6-2-1-5(10)15-16(4)6/h1-2H,3,9H2. The monoisotopic (exact) mass is 247 g/mol. The smallest absolute Gasteiger partial charge is 0.222 e. The highest BCUT2D eigenvalue weighted by Crippen LogP contribution is 2.31. The third kappa shape index (κ3) is 1.75. The Morgan fingerprint density at radius 1 is 1.38 bits per heavy atom. The highest BCUT2D eigenvalue weighted by atomic mass is 35.5. The molecule has 84 valence electrons. The zero-order chi connectivity index (χ0) is 11.9. The van der Waals surface area contributed by atoms with Crippen LogP contribution in [0.25, 0.3) is 5.65 Å². The van der Waals surface area contributed by atoms with E-state index in [1.54, 1.807) is 7.85 Å². The van der Waals surface area contributed by atoms with Crippen LogP contribution in [0.15, 0.2) is 12.1 Å². The van der Waals surface area contributed by atoms with Crippen LogP contribution in [0.1, 0.15) is 11.4 Å². The fourth-order valence-electron chi connectivity index (χ4n) is 1.50. The van der Waals surface area contributed by atoms with Crippen molar-refractivity contribution in [3.63, 3.8) is 0 Å². The Labute approximate surface area is 94.6 Å². The van der Waals surface area contributed by atoms with Crippen LogP contribution in [-0.2, 0) is 12.5 Å². The Morgan fingerprint density at radius 2 is 2.06 bits per heavy atom. The van der Waals surface area contributed by atoms with Gasteiger partial charge in [-0.15, -0.1) is 0 Å². The van der Waals surface area contributed by atoms with Crippen molar-refractivity contribution >= 4 is 25.1 Å². The van der Waals surface area contributed by atoms with Gasteiger partial charge >= 0.3 is 6.18 Å². The molecule has 0 N–H and O–H groups in total. The van der Waals surface area contributed by atoms with Gasteiger partial charge in [0.25, 0.3) is 0 Å². The van der Waals surface area contributed by atoms with Gasteiger partial charge in [0, 0.05) is 0 Å². The van der Waals surface area contributed by atoms with Gasteiger partial charge in [-0.1, -0.05) is 11.6 Å². The number of fused-ring (bicyclic) bond motifs is 1. The summed E-state index contributed by atoms with van der Waals surface area (Å²) in [6.45, 7) is 0. The maximum Gasteiger partial charge on any atom is 0.435 e. The Morgan fingerprint density at radius 3 is 2.62 bits per heavy atom. The first kappa shape index (κ1) is 11.3. The molecule has 0 fully saturated rings. The Balaban J connectivity index is 2.77. The predicted octanol–water partition coefficient (Wildman–Crippen LogP) is 1.53. The van der Waals surface area contributed by atoms with E-state index < -0.39 is 11.9 Å². The molecule has 16 heavy (non-hydrogen) atoms. The van der Waals surface area contributed by atoms with Crippen LogP contribution >= 0.6 is 11.6 Å². The van der Waals surface area contributed by atoms with Crippen LogP contribution in [0, 0.1) is 0 Å². The van der Waals surface area contributed by atoms with Gasteiger partial charge in [-0.3, -0.25) is 0 Å². The van der Waals surface area contributed by atoms with Crippen LogP contribution in [0.3, 0.4) is 0 Å². The zero-order valence-corrected chi connectivity index (χ0v) is 8.97. The molecular formula is C8H6BClF3N3. The largest absolute Gasteiger partial charge is 0.435 e. The lowest BCUT2D eigenvalue weighted by molar-refractivity contribution is -0.141. The lowest BCUT2D eigenvalue weighted by atomic mass is 10.0. The number of nitrogens with zero attached hydrogens (tertiary/aromatic N) is 3. The van der Waals surface area contributed by atoms with E-state index in [2.05, 4.69) is 10.1 Å². The minimum atomic E-state index is -4.47. The van der Waals surface area contributed by atoms with Crippen molar-refractivity contribution in [3.8, 4) is 0 Å². The molecule has 0 atom stereocenters. The molecule has 0 bridgehead atoms.